The molecule has 0 atom stereocenters. The van der Waals surface area contributed by atoms with Gasteiger partial charge in [-0.2, -0.15) is 0 Å². The Hall–Kier alpha value is -1.78. The Morgan fingerprint density at radius 2 is 2.29 bits per heavy atom. The van der Waals surface area contributed by atoms with Gasteiger partial charge in [0.2, 0.25) is 0 Å². The molecule has 0 aromatic heterocycles. The fourth-order valence-electron chi connectivity index (χ4n) is 0.998. The van der Waals surface area contributed by atoms with E-state index in [4.69, 9.17) is 0 Å². The molecule has 0 bridgehead atoms. The van der Waals surface area contributed by atoms with Crippen molar-refractivity contribution in [3.05, 3.63) is 23.2 Å². The highest BCUT2D eigenvalue weighted by Gasteiger charge is 2.35. The number of ether oxygens (including phenoxy) is 2. The lowest BCUT2D eigenvalue weighted by atomic mass is 10.2. The second-order valence-electron chi connectivity index (χ2n) is 2.49. The zero-order valence-electron chi connectivity index (χ0n) is 7.86. The smallest absolute Gasteiger partial charge is 0.355 e. The molecule has 0 radical (unpaired) electrons. The largest absolute Gasteiger partial charge is 0.503 e. The van der Waals surface area contributed by atoms with Gasteiger partial charge in [-0.05, 0) is 19.9 Å². The van der Waals surface area contributed by atoms with E-state index < -0.39 is 23.3 Å². The second-order valence-corrected chi connectivity index (χ2v) is 2.49. The van der Waals surface area contributed by atoms with Gasteiger partial charge in [0, 0.05) is 0 Å². The highest BCUT2D eigenvalue weighted by Crippen LogP contribution is 2.24. The third-order valence-electron chi connectivity index (χ3n) is 1.62. The molecule has 0 unspecified atom stereocenters. The van der Waals surface area contributed by atoms with Crippen LogP contribution >= 0.6 is 0 Å². The van der Waals surface area contributed by atoms with E-state index in [2.05, 4.69) is 9.47 Å². The molecule has 0 aromatic rings. The summed E-state index contributed by atoms with van der Waals surface area (Å²) in [5, 5.41) is 9.38. The van der Waals surface area contributed by atoms with E-state index in [1.165, 1.54) is 6.08 Å². The summed E-state index contributed by atoms with van der Waals surface area (Å²) in [6.07, 6.45) is 1.39. The van der Waals surface area contributed by atoms with Crippen molar-refractivity contribution in [2.24, 2.45) is 0 Å². The number of carbonyl (C=O) groups is 2. The molecule has 14 heavy (non-hydrogen) atoms. The van der Waals surface area contributed by atoms with Gasteiger partial charge in [-0.3, -0.25) is 0 Å². The van der Waals surface area contributed by atoms with Crippen LogP contribution in [0.1, 0.15) is 13.8 Å². The average Bonchev–Trinajstić information content (AvgIpc) is 2.41. The van der Waals surface area contributed by atoms with E-state index in [1.807, 2.05) is 0 Å². The Morgan fingerprint density at radius 3 is 2.71 bits per heavy atom. The number of cyclic esters (lactones) is 1. The van der Waals surface area contributed by atoms with Crippen LogP contribution in [0.2, 0.25) is 0 Å². The van der Waals surface area contributed by atoms with Crippen molar-refractivity contribution in [3.8, 4) is 0 Å². The molecule has 5 nitrogen and oxygen atoms in total. The maximum atomic E-state index is 11.2. The molecule has 76 valence electrons. The minimum Gasteiger partial charge on any atom is -0.503 e. The Bertz CT molecular complexity index is 337. The van der Waals surface area contributed by atoms with Gasteiger partial charge >= 0.3 is 11.9 Å². The number of hydrogen-bond donors (Lipinski definition) is 1. The first-order valence-electron chi connectivity index (χ1n) is 4.11. The molecule has 0 spiro atoms. The lowest BCUT2D eigenvalue weighted by molar-refractivity contribution is -0.143. The summed E-state index contributed by atoms with van der Waals surface area (Å²) >= 11 is 0. The fraction of sp³-hybridized carbons (Fsp3) is 0.333. The number of rotatable bonds is 2. The zero-order chi connectivity index (χ0) is 10.7. The van der Waals surface area contributed by atoms with Crippen LogP contribution in [-0.2, 0) is 19.1 Å². The summed E-state index contributed by atoms with van der Waals surface area (Å²) < 4.78 is 9.17. The van der Waals surface area contributed by atoms with Crippen molar-refractivity contribution < 1.29 is 24.2 Å². The standard InChI is InChI=1S/C9H10O5/c1-3-5-7(10)6(9(12)14-5)8(11)13-4-2/h3,10H,4H2,1-2H3. The first kappa shape index (κ1) is 10.3. The van der Waals surface area contributed by atoms with Gasteiger partial charge in [0.1, 0.15) is 0 Å². The Morgan fingerprint density at radius 1 is 1.64 bits per heavy atom. The van der Waals surface area contributed by atoms with Gasteiger partial charge in [0.25, 0.3) is 0 Å². The van der Waals surface area contributed by atoms with Gasteiger partial charge in [0.05, 0.1) is 6.61 Å². The van der Waals surface area contributed by atoms with Crippen LogP contribution in [0.25, 0.3) is 0 Å². The van der Waals surface area contributed by atoms with E-state index in [0.717, 1.165) is 0 Å². The van der Waals surface area contributed by atoms with E-state index in [-0.39, 0.29) is 12.4 Å². The molecule has 0 amide bonds. The summed E-state index contributed by atoms with van der Waals surface area (Å²) in [4.78, 5) is 22.2. The predicted octanol–water partition coefficient (Wildman–Crippen LogP) is 0.822. The van der Waals surface area contributed by atoms with Gasteiger partial charge in [-0.15, -0.1) is 0 Å². The van der Waals surface area contributed by atoms with E-state index in [0.29, 0.717) is 0 Å². The summed E-state index contributed by atoms with van der Waals surface area (Å²) in [5.74, 6) is -2.23. The Kier molecular flexibility index (Phi) is 2.91. The number of aliphatic hydroxyl groups is 1. The first-order chi connectivity index (χ1) is 6.61. The van der Waals surface area contributed by atoms with Gasteiger partial charge in [0.15, 0.2) is 17.1 Å². The molecule has 0 saturated carbocycles. The molecule has 1 aliphatic rings. The molecule has 0 fully saturated rings. The van der Waals surface area contributed by atoms with Gasteiger partial charge in [-0.1, -0.05) is 0 Å². The highest BCUT2D eigenvalue weighted by atomic mass is 16.6. The third kappa shape index (κ3) is 1.61. The molecule has 1 N–H and O–H groups in total. The molecule has 0 aliphatic carbocycles. The SMILES string of the molecule is CC=C1OC(=O)C(C(=O)OCC)=C1O. The lowest BCUT2D eigenvalue weighted by Crippen LogP contribution is -2.14. The number of carbonyl (C=O) groups excluding carboxylic acids is 2. The topological polar surface area (TPSA) is 72.8 Å². The molecule has 5 heteroatoms. The van der Waals surface area contributed by atoms with Gasteiger partial charge < -0.3 is 14.6 Å². The highest BCUT2D eigenvalue weighted by molar-refractivity contribution is 6.17. The van der Waals surface area contributed by atoms with Crippen LogP contribution in [0.5, 0.6) is 0 Å². The lowest BCUT2D eigenvalue weighted by Gasteiger charge is -1.98. The molecule has 1 aliphatic heterocycles. The molecule has 1 rings (SSSR count). The van der Waals surface area contributed by atoms with Crippen molar-refractivity contribution >= 4 is 11.9 Å². The molecule has 1 heterocycles. The summed E-state index contributed by atoms with van der Waals surface area (Å²) in [6.45, 7) is 3.31. The van der Waals surface area contributed by atoms with Crippen LogP contribution in [0, 0.1) is 0 Å². The van der Waals surface area contributed by atoms with Crippen molar-refractivity contribution in [3.63, 3.8) is 0 Å². The Labute approximate surface area is 80.6 Å². The van der Waals surface area contributed by atoms with Crippen LogP contribution in [0.4, 0.5) is 0 Å². The number of allylic oxidation sites excluding steroid dienone is 1. The van der Waals surface area contributed by atoms with Crippen molar-refractivity contribution in [1.29, 1.82) is 0 Å². The van der Waals surface area contributed by atoms with Crippen molar-refractivity contribution in [2.45, 2.75) is 13.8 Å². The third-order valence-corrected chi connectivity index (χ3v) is 1.62. The maximum absolute atomic E-state index is 11.2. The monoisotopic (exact) mass is 198 g/mol. The predicted molar refractivity (Wildman–Crippen MR) is 46.1 cm³/mol. The summed E-state index contributed by atoms with van der Waals surface area (Å²) in [7, 11) is 0. The fourth-order valence-corrected chi connectivity index (χ4v) is 0.998. The van der Waals surface area contributed by atoms with Crippen molar-refractivity contribution in [2.75, 3.05) is 6.61 Å². The summed E-state index contributed by atoms with van der Waals surface area (Å²) in [6, 6.07) is 0. The van der Waals surface area contributed by atoms with Crippen LogP contribution in [0.15, 0.2) is 23.2 Å². The average molecular weight is 198 g/mol. The van der Waals surface area contributed by atoms with Crippen molar-refractivity contribution in [1.82, 2.24) is 0 Å². The second kappa shape index (κ2) is 3.95. The van der Waals surface area contributed by atoms with E-state index >= 15 is 0 Å². The number of esters is 2. The Balaban J connectivity index is 3.01. The summed E-state index contributed by atoms with van der Waals surface area (Å²) in [5.41, 5.74) is -0.444. The minimum atomic E-state index is -0.881. The molecular weight excluding hydrogens is 188 g/mol. The van der Waals surface area contributed by atoms with Crippen LogP contribution in [0.3, 0.4) is 0 Å². The minimum absolute atomic E-state index is 0.0157. The number of aliphatic hydroxyl groups excluding tert-OH is 1. The normalized spacial score (nSPS) is 18.7. The number of hydrogen-bond acceptors (Lipinski definition) is 5. The van der Waals surface area contributed by atoms with Gasteiger partial charge in [-0.25, -0.2) is 9.59 Å². The quantitative estimate of drug-likeness (QED) is 0.525. The molecular formula is C9H10O5. The van der Waals surface area contributed by atoms with E-state index in [1.54, 1.807) is 13.8 Å². The molecule has 0 saturated heterocycles. The van der Waals surface area contributed by atoms with Crippen LogP contribution in [-0.4, -0.2) is 23.7 Å². The maximum Gasteiger partial charge on any atom is 0.355 e. The first-order valence-corrected chi connectivity index (χ1v) is 4.11. The van der Waals surface area contributed by atoms with Crippen LogP contribution < -0.4 is 0 Å². The zero-order valence-corrected chi connectivity index (χ0v) is 7.86. The molecule has 0 aromatic carbocycles. The van der Waals surface area contributed by atoms with E-state index in [9.17, 15) is 14.7 Å².